The van der Waals surface area contributed by atoms with Crippen LogP contribution in [0.15, 0.2) is 24.3 Å². The van der Waals surface area contributed by atoms with E-state index in [4.69, 9.17) is 26.2 Å². The molecule has 16 heavy (non-hydrogen) atoms. The zero-order valence-electron chi connectivity index (χ0n) is 8.86. The van der Waals surface area contributed by atoms with Gasteiger partial charge in [-0.15, -0.1) is 0 Å². The minimum absolute atomic E-state index is 0.0863. The molecule has 86 valence electrons. The molecule has 0 atom stereocenters. The molecule has 0 aliphatic carbocycles. The number of ether oxygens (including phenoxy) is 2. The number of benzene rings is 1. The van der Waals surface area contributed by atoms with Gasteiger partial charge in [0.1, 0.15) is 11.5 Å². The van der Waals surface area contributed by atoms with Crippen molar-refractivity contribution >= 4 is 22.6 Å². The van der Waals surface area contributed by atoms with E-state index in [2.05, 4.69) is 0 Å². The summed E-state index contributed by atoms with van der Waals surface area (Å²) >= 11 is 5.86. The maximum atomic E-state index is 10.5. The van der Waals surface area contributed by atoms with Gasteiger partial charge in [0, 0.05) is 11.6 Å². The van der Waals surface area contributed by atoms with E-state index in [1.807, 2.05) is 0 Å². The van der Waals surface area contributed by atoms with E-state index >= 15 is 0 Å². The first kappa shape index (κ1) is 12.4. The first-order valence-corrected chi connectivity index (χ1v) is 4.78. The molecule has 0 fully saturated rings. The van der Waals surface area contributed by atoms with E-state index in [0.717, 1.165) is 6.08 Å². The molecule has 0 aromatic heterocycles. The lowest BCUT2D eigenvalue weighted by Gasteiger charge is -2.09. The van der Waals surface area contributed by atoms with Gasteiger partial charge in [-0.2, -0.15) is 0 Å². The Kier molecular flexibility index (Phi) is 4.19. The van der Waals surface area contributed by atoms with Crippen molar-refractivity contribution in [3.8, 4) is 11.5 Å². The molecule has 0 radical (unpaired) electrons. The van der Waals surface area contributed by atoms with Gasteiger partial charge in [0.25, 0.3) is 0 Å². The lowest BCUT2D eigenvalue weighted by atomic mass is 10.1. The molecule has 0 heterocycles. The van der Waals surface area contributed by atoms with Gasteiger partial charge in [0.15, 0.2) is 0 Å². The number of hydrogen-bond donors (Lipinski definition) is 1. The van der Waals surface area contributed by atoms with Gasteiger partial charge in [-0.3, -0.25) is 0 Å². The van der Waals surface area contributed by atoms with Crippen molar-refractivity contribution in [3.63, 3.8) is 0 Å². The predicted molar refractivity (Wildman–Crippen MR) is 61.0 cm³/mol. The third-order valence-corrected chi connectivity index (χ3v) is 2.23. The van der Waals surface area contributed by atoms with Crippen LogP contribution >= 0.6 is 11.6 Å². The first-order valence-electron chi connectivity index (χ1n) is 4.41. The van der Waals surface area contributed by atoms with E-state index in [0.29, 0.717) is 17.1 Å². The van der Waals surface area contributed by atoms with Crippen LogP contribution in [-0.4, -0.2) is 25.3 Å². The summed E-state index contributed by atoms with van der Waals surface area (Å²) in [5, 5.41) is 8.69. The van der Waals surface area contributed by atoms with Gasteiger partial charge < -0.3 is 14.6 Å². The Morgan fingerprint density at radius 3 is 2.56 bits per heavy atom. The molecule has 1 N–H and O–H groups in total. The minimum Gasteiger partial charge on any atom is -0.497 e. The standard InChI is InChI=1S/C11H11ClO4/c1-15-7-3-4-10(16-2)8(5-7)9(12)6-11(13)14/h3-6H,1-2H3,(H,13,14)/b9-6-. The van der Waals surface area contributed by atoms with Crippen LogP contribution in [0.3, 0.4) is 0 Å². The summed E-state index contributed by atoms with van der Waals surface area (Å²) in [6.07, 6.45) is 0.902. The second kappa shape index (κ2) is 5.42. The molecule has 0 aliphatic heterocycles. The first-order chi connectivity index (χ1) is 7.58. The Labute approximate surface area is 98.1 Å². The Balaban J connectivity index is 3.23. The van der Waals surface area contributed by atoms with Crippen molar-refractivity contribution in [2.45, 2.75) is 0 Å². The number of halogens is 1. The maximum Gasteiger partial charge on any atom is 0.329 e. The van der Waals surface area contributed by atoms with Crippen molar-refractivity contribution in [3.05, 3.63) is 29.8 Å². The largest absolute Gasteiger partial charge is 0.497 e. The molecule has 4 nitrogen and oxygen atoms in total. The number of methoxy groups -OCH3 is 2. The van der Waals surface area contributed by atoms with Crippen molar-refractivity contribution in [2.24, 2.45) is 0 Å². The third-order valence-electron chi connectivity index (χ3n) is 1.91. The van der Waals surface area contributed by atoms with Crippen LogP contribution in [0.5, 0.6) is 11.5 Å². The average Bonchev–Trinajstić information content (AvgIpc) is 2.27. The molecule has 0 saturated heterocycles. The molecule has 0 spiro atoms. The highest BCUT2D eigenvalue weighted by Gasteiger charge is 2.09. The fraction of sp³-hybridized carbons (Fsp3) is 0.182. The molecule has 0 saturated carbocycles. The zero-order chi connectivity index (χ0) is 12.1. The van der Waals surface area contributed by atoms with E-state index < -0.39 is 5.97 Å². The Hall–Kier alpha value is -1.68. The van der Waals surface area contributed by atoms with Crippen LogP contribution in [0.2, 0.25) is 0 Å². The van der Waals surface area contributed by atoms with Crippen molar-refractivity contribution < 1.29 is 19.4 Å². The molecular weight excluding hydrogens is 232 g/mol. The summed E-state index contributed by atoms with van der Waals surface area (Å²) in [7, 11) is 3.00. The van der Waals surface area contributed by atoms with Gasteiger partial charge in [-0.25, -0.2) is 4.79 Å². The van der Waals surface area contributed by atoms with Crippen LogP contribution < -0.4 is 9.47 Å². The highest BCUT2D eigenvalue weighted by molar-refractivity contribution is 6.50. The molecule has 5 heteroatoms. The number of aliphatic carboxylic acids is 1. The summed E-state index contributed by atoms with van der Waals surface area (Å²) in [5.41, 5.74) is 0.478. The van der Waals surface area contributed by atoms with E-state index in [-0.39, 0.29) is 5.03 Å². The van der Waals surface area contributed by atoms with Gasteiger partial charge in [-0.1, -0.05) is 11.6 Å². The van der Waals surface area contributed by atoms with Crippen molar-refractivity contribution in [2.75, 3.05) is 14.2 Å². The number of carbonyl (C=O) groups is 1. The van der Waals surface area contributed by atoms with Crippen molar-refractivity contribution in [1.29, 1.82) is 0 Å². The number of hydrogen-bond acceptors (Lipinski definition) is 3. The summed E-state index contributed by atoms with van der Waals surface area (Å²) in [6.45, 7) is 0. The van der Waals surface area contributed by atoms with E-state index in [1.54, 1.807) is 18.2 Å². The molecule has 0 aliphatic rings. The summed E-state index contributed by atoms with van der Waals surface area (Å²) in [6, 6.07) is 4.97. The highest BCUT2D eigenvalue weighted by Crippen LogP contribution is 2.31. The summed E-state index contributed by atoms with van der Waals surface area (Å²) < 4.78 is 10.1. The number of carboxylic acid groups (broad SMARTS) is 1. The Morgan fingerprint density at radius 1 is 1.38 bits per heavy atom. The predicted octanol–water partition coefficient (Wildman–Crippen LogP) is 2.37. The van der Waals surface area contributed by atoms with Crippen LogP contribution in [0.1, 0.15) is 5.56 Å². The average molecular weight is 243 g/mol. The van der Waals surface area contributed by atoms with Gasteiger partial charge in [0.05, 0.1) is 19.3 Å². The minimum atomic E-state index is -1.12. The van der Waals surface area contributed by atoms with Gasteiger partial charge >= 0.3 is 5.97 Å². The van der Waals surface area contributed by atoms with Crippen molar-refractivity contribution in [1.82, 2.24) is 0 Å². The summed E-state index contributed by atoms with van der Waals surface area (Å²) in [5.74, 6) is -0.0501. The monoisotopic (exact) mass is 242 g/mol. The molecular formula is C11H11ClO4. The Morgan fingerprint density at radius 2 is 2.06 bits per heavy atom. The molecule has 0 amide bonds. The second-order valence-electron chi connectivity index (χ2n) is 2.90. The Bertz CT molecular complexity index is 426. The maximum absolute atomic E-state index is 10.5. The van der Waals surface area contributed by atoms with Gasteiger partial charge in [0.2, 0.25) is 0 Å². The fourth-order valence-electron chi connectivity index (χ4n) is 1.19. The lowest BCUT2D eigenvalue weighted by molar-refractivity contribution is -0.131. The van der Waals surface area contributed by atoms with E-state index in [9.17, 15) is 4.79 Å². The molecule has 1 aromatic rings. The summed E-state index contributed by atoms with van der Waals surface area (Å²) in [4.78, 5) is 10.5. The smallest absolute Gasteiger partial charge is 0.329 e. The SMILES string of the molecule is COc1ccc(OC)c(/C(Cl)=C/C(=O)O)c1. The second-order valence-corrected chi connectivity index (χ2v) is 3.30. The third kappa shape index (κ3) is 2.90. The lowest BCUT2D eigenvalue weighted by Crippen LogP contribution is -1.93. The van der Waals surface area contributed by atoms with Crippen LogP contribution in [-0.2, 0) is 4.79 Å². The fourth-order valence-corrected chi connectivity index (χ4v) is 1.43. The quantitative estimate of drug-likeness (QED) is 0.824. The van der Waals surface area contributed by atoms with Crippen LogP contribution in [0.25, 0.3) is 5.03 Å². The zero-order valence-corrected chi connectivity index (χ0v) is 9.62. The molecule has 1 rings (SSSR count). The normalized spacial score (nSPS) is 11.1. The van der Waals surface area contributed by atoms with Crippen LogP contribution in [0.4, 0.5) is 0 Å². The topological polar surface area (TPSA) is 55.8 Å². The number of carboxylic acids is 1. The van der Waals surface area contributed by atoms with Crippen LogP contribution in [0, 0.1) is 0 Å². The molecule has 0 unspecified atom stereocenters. The number of rotatable bonds is 4. The highest BCUT2D eigenvalue weighted by atomic mass is 35.5. The van der Waals surface area contributed by atoms with Gasteiger partial charge in [-0.05, 0) is 18.2 Å². The molecule has 0 bridgehead atoms. The van der Waals surface area contributed by atoms with E-state index in [1.165, 1.54) is 14.2 Å². The molecule has 1 aromatic carbocycles.